The normalized spacial score (nSPS) is 11.4. The highest BCUT2D eigenvalue weighted by atomic mass is 32.1. The SMILES string of the molecule is Cc1nc(CNc2nc3cc(C(C)C)ccc3o2)cs1. The molecule has 20 heavy (non-hydrogen) atoms. The second-order valence-corrected chi connectivity index (χ2v) is 6.17. The topological polar surface area (TPSA) is 51.0 Å². The van der Waals surface area contributed by atoms with E-state index in [-0.39, 0.29) is 0 Å². The van der Waals surface area contributed by atoms with Crippen LogP contribution in [0.5, 0.6) is 0 Å². The third kappa shape index (κ3) is 2.67. The van der Waals surface area contributed by atoms with Gasteiger partial charge in [0, 0.05) is 5.38 Å². The van der Waals surface area contributed by atoms with E-state index < -0.39 is 0 Å². The van der Waals surface area contributed by atoms with E-state index in [0.29, 0.717) is 18.5 Å². The van der Waals surface area contributed by atoms with Gasteiger partial charge in [0.1, 0.15) is 5.52 Å². The first-order chi connectivity index (χ1) is 9.61. The number of rotatable bonds is 4. The zero-order valence-corrected chi connectivity index (χ0v) is 12.6. The van der Waals surface area contributed by atoms with E-state index in [1.165, 1.54) is 5.56 Å². The van der Waals surface area contributed by atoms with Crippen molar-refractivity contribution < 1.29 is 4.42 Å². The van der Waals surface area contributed by atoms with Crippen LogP contribution in [0.1, 0.15) is 36.0 Å². The van der Waals surface area contributed by atoms with Crippen LogP contribution in [0.3, 0.4) is 0 Å². The summed E-state index contributed by atoms with van der Waals surface area (Å²) in [6, 6.07) is 6.70. The summed E-state index contributed by atoms with van der Waals surface area (Å²) in [5.41, 5.74) is 3.99. The maximum absolute atomic E-state index is 5.68. The molecule has 2 aromatic heterocycles. The lowest BCUT2D eigenvalue weighted by Crippen LogP contribution is -1.99. The molecule has 0 saturated carbocycles. The maximum atomic E-state index is 5.68. The van der Waals surface area contributed by atoms with Crippen molar-refractivity contribution in [2.24, 2.45) is 0 Å². The van der Waals surface area contributed by atoms with Gasteiger partial charge in [-0.15, -0.1) is 11.3 Å². The molecule has 0 atom stereocenters. The Bertz CT molecular complexity index is 730. The minimum absolute atomic E-state index is 0.491. The fourth-order valence-corrected chi connectivity index (χ4v) is 2.65. The molecule has 0 fully saturated rings. The first-order valence-corrected chi connectivity index (χ1v) is 7.55. The molecule has 104 valence electrons. The van der Waals surface area contributed by atoms with Gasteiger partial charge in [0.05, 0.1) is 17.2 Å². The summed E-state index contributed by atoms with van der Waals surface area (Å²) in [7, 11) is 0. The summed E-state index contributed by atoms with van der Waals surface area (Å²) in [5.74, 6) is 0.491. The molecular formula is C15H17N3OS. The molecule has 0 saturated heterocycles. The molecule has 0 aliphatic heterocycles. The lowest BCUT2D eigenvalue weighted by atomic mass is 10.0. The van der Waals surface area contributed by atoms with E-state index in [9.17, 15) is 0 Å². The van der Waals surface area contributed by atoms with Crippen LogP contribution in [0.2, 0.25) is 0 Å². The number of oxazole rings is 1. The van der Waals surface area contributed by atoms with Crippen LogP contribution in [0.4, 0.5) is 6.01 Å². The number of fused-ring (bicyclic) bond motifs is 1. The highest BCUT2D eigenvalue weighted by molar-refractivity contribution is 7.09. The Labute approximate surface area is 121 Å². The van der Waals surface area contributed by atoms with Crippen molar-refractivity contribution >= 4 is 28.5 Å². The van der Waals surface area contributed by atoms with Crippen LogP contribution in [-0.2, 0) is 6.54 Å². The largest absolute Gasteiger partial charge is 0.424 e. The quantitative estimate of drug-likeness (QED) is 0.776. The monoisotopic (exact) mass is 287 g/mol. The zero-order chi connectivity index (χ0) is 14.1. The van der Waals surface area contributed by atoms with Gasteiger partial charge in [0.25, 0.3) is 6.01 Å². The second kappa shape index (κ2) is 5.25. The van der Waals surface area contributed by atoms with E-state index in [2.05, 4.69) is 41.3 Å². The van der Waals surface area contributed by atoms with Gasteiger partial charge < -0.3 is 9.73 Å². The van der Waals surface area contributed by atoms with Crippen molar-refractivity contribution in [3.05, 3.63) is 39.8 Å². The molecule has 3 rings (SSSR count). The van der Waals surface area contributed by atoms with E-state index >= 15 is 0 Å². The first-order valence-electron chi connectivity index (χ1n) is 6.67. The van der Waals surface area contributed by atoms with Gasteiger partial charge >= 0.3 is 0 Å². The number of hydrogen-bond donors (Lipinski definition) is 1. The van der Waals surface area contributed by atoms with Crippen LogP contribution >= 0.6 is 11.3 Å². The third-order valence-electron chi connectivity index (χ3n) is 3.17. The lowest BCUT2D eigenvalue weighted by molar-refractivity contribution is 0.613. The van der Waals surface area contributed by atoms with Crippen molar-refractivity contribution in [2.75, 3.05) is 5.32 Å². The van der Waals surface area contributed by atoms with E-state index in [1.807, 2.05) is 18.4 Å². The number of nitrogens with one attached hydrogen (secondary N) is 1. The Morgan fingerprint density at radius 3 is 2.85 bits per heavy atom. The minimum Gasteiger partial charge on any atom is -0.424 e. The molecule has 5 heteroatoms. The number of aryl methyl sites for hydroxylation is 1. The summed E-state index contributed by atoms with van der Waals surface area (Å²) in [6.07, 6.45) is 0. The Hall–Kier alpha value is -1.88. The van der Waals surface area contributed by atoms with Crippen LogP contribution in [-0.4, -0.2) is 9.97 Å². The molecule has 0 spiro atoms. The van der Waals surface area contributed by atoms with Crippen LogP contribution in [0, 0.1) is 6.92 Å². The fourth-order valence-electron chi connectivity index (χ4n) is 2.03. The number of anilines is 1. The second-order valence-electron chi connectivity index (χ2n) is 5.11. The van der Waals surface area contributed by atoms with Crippen molar-refractivity contribution in [3.8, 4) is 0 Å². The molecule has 0 aliphatic rings. The molecule has 0 radical (unpaired) electrons. The maximum Gasteiger partial charge on any atom is 0.296 e. The van der Waals surface area contributed by atoms with E-state index in [0.717, 1.165) is 21.8 Å². The molecule has 4 nitrogen and oxygen atoms in total. The summed E-state index contributed by atoms with van der Waals surface area (Å²) in [5, 5.41) is 6.29. The highest BCUT2D eigenvalue weighted by Gasteiger charge is 2.08. The average molecular weight is 287 g/mol. The molecule has 0 unspecified atom stereocenters. The van der Waals surface area contributed by atoms with Gasteiger partial charge in [-0.25, -0.2) is 4.98 Å². The number of thiazole rings is 1. The van der Waals surface area contributed by atoms with Crippen molar-refractivity contribution in [1.29, 1.82) is 0 Å². The van der Waals surface area contributed by atoms with E-state index in [1.54, 1.807) is 11.3 Å². The third-order valence-corrected chi connectivity index (χ3v) is 3.99. The van der Waals surface area contributed by atoms with Crippen LogP contribution in [0.15, 0.2) is 28.0 Å². The van der Waals surface area contributed by atoms with Crippen molar-refractivity contribution in [2.45, 2.75) is 33.2 Å². The number of hydrogen-bond acceptors (Lipinski definition) is 5. The summed E-state index contributed by atoms with van der Waals surface area (Å²) >= 11 is 1.65. The smallest absolute Gasteiger partial charge is 0.296 e. The fraction of sp³-hybridized carbons (Fsp3) is 0.333. The van der Waals surface area contributed by atoms with E-state index in [4.69, 9.17) is 4.42 Å². The number of aromatic nitrogens is 2. The number of benzene rings is 1. The molecule has 1 aromatic carbocycles. The van der Waals surface area contributed by atoms with Crippen molar-refractivity contribution in [1.82, 2.24) is 9.97 Å². The van der Waals surface area contributed by atoms with Gasteiger partial charge in [-0.05, 0) is 30.5 Å². The standard InChI is InChI=1S/C15H17N3OS/c1-9(2)11-4-5-14-13(6-11)18-15(19-14)16-7-12-8-20-10(3)17-12/h4-6,8-9H,7H2,1-3H3,(H,16,18). The highest BCUT2D eigenvalue weighted by Crippen LogP contribution is 2.24. The Morgan fingerprint density at radius 2 is 2.15 bits per heavy atom. The molecule has 1 N–H and O–H groups in total. The Kier molecular flexibility index (Phi) is 3.44. The summed E-state index contributed by atoms with van der Waals surface area (Å²) in [6.45, 7) is 6.98. The molecule has 0 amide bonds. The summed E-state index contributed by atoms with van der Waals surface area (Å²) < 4.78 is 5.68. The van der Waals surface area contributed by atoms with Crippen LogP contribution < -0.4 is 5.32 Å². The van der Waals surface area contributed by atoms with Crippen LogP contribution in [0.25, 0.3) is 11.1 Å². The van der Waals surface area contributed by atoms with Gasteiger partial charge in [-0.1, -0.05) is 19.9 Å². The summed E-state index contributed by atoms with van der Waals surface area (Å²) in [4.78, 5) is 8.88. The molecule has 0 bridgehead atoms. The number of nitrogens with zero attached hydrogens (tertiary/aromatic N) is 2. The van der Waals surface area contributed by atoms with Gasteiger partial charge in [-0.2, -0.15) is 4.98 Å². The molecule has 2 heterocycles. The van der Waals surface area contributed by atoms with Gasteiger partial charge in [-0.3, -0.25) is 0 Å². The predicted molar refractivity (Wildman–Crippen MR) is 82.3 cm³/mol. The molecular weight excluding hydrogens is 270 g/mol. The predicted octanol–water partition coefficient (Wildman–Crippen LogP) is 4.33. The van der Waals surface area contributed by atoms with Gasteiger partial charge in [0.15, 0.2) is 5.58 Å². The molecule has 0 aliphatic carbocycles. The molecule has 3 aromatic rings. The zero-order valence-electron chi connectivity index (χ0n) is 11.8. The Morgan fingerprint density at radius 1 is 1.30 bits per heavy atom. The van der Waals surface area contributed by atoms with Gasteiger partial charge in [0.2, 0.25) is 0 Å². The van der Waals surface area contributed by atoms with Crippen molar-refractivity contribution in [3.63, 3.8) is 0 Å². The Balaban J connectivity index is 1.78. The minimum atomic E-state index is 0.491. The first kappa shape index (κ1) is 13.1. The lowest BCUT2D eigenvalue weighted by Gasteiger charge is -2.02. The average Bonchev–Trinajstić information content (AvgIpc) is 3.00.